The van der Waals surface area contributed by atoms with Crippen LogP contribution in [0.5, 0.6) is 11.5 Å². The number of hydrogen-bond acceptors (Lipinski definition) is 3. The van der Waals surface area contributed by atoms with Gasteiger partial charge in [-0.1, -0.05) is 48.5 Å². The zero-order chi connectivity index (χ0) is 19.6. The molecule has 5 rings (SSSR count). The van der Waals surface area contributed by atoms with Crippen LogP contribution in [0.15, 0.2) is 72.8 Å². The fourth-order valence-electron chi connectivity index (χ4n) is 4.44. The molecule has 3 aromatic carbocycles. The standard InChI is InChI=1S/C26H27NO2/c1-28-22-13-9-20-10-14-25(23(20)15-22)27-26-16-24(26)19-7-11-21(12-8-19)29-17-18-5-3-2-4-6-18/h2-9,11-13,15,24-27H,10,14,16-17H2,1H3/t24?,25?,26-/m0/s1. The average Bonchev–Trinajstić information content (AvgIpc) is 3.44. The summed E-state index contributed by atoms with van der Waals surface area (Å²) in [5.74, 6) is 2.49. The van der Waals surface area contributed by atoms with Gasteiger partial charge in [-0.25, -0.2) is 0 Å². The smallest absolute Gasteiger partial charge is 0.119 e. The van der Waals surface area contributed by atoms with Crippen molar-refractivity contribution in [2.45, 2.75) is 43.9 Å². The number of nitrogens with one attached hydrogen (secondary N) is 1. The van der Waals surface area contributed by atoms with Gasteiger partial charge in [-0.15, -0.1) is 0 Å². The molecule has 0 aromatic heterocycles. The van der Waals surface area contributed by atoms with Gasteiger partial charge in [0, 0.05) is 18.0 Å². The quantitative estimate of drug-likeness (QED) is 0.590. The predicted octanol–water partition coefficient (Wildman–Crippen LogP) is 5.41. The second-order valence-electron chi connectivity index (χ2n) is 8.11. The molecular weight excluding hydrogens is 358 g/mol. The SMILES string of the molecule is COc1ccc2c(c1)C(N[C@H]1CC1c1ccc(OCc3ccccc3)cc1)CC2. The van der Waals surface area contributed by atoms with E-state index in [1.54, 1.807) is 7.11 Å². The highest BCUT2D eigenvalue weighted by molar-refractivity contribution is 5.41. The largest absolute Gasteiger partial charge is 0.497 e. The lowest BCUT2D eigenvalue weighted by Gasteiger charge is -2.15. The molecule has 0 amide bonds. The molecule has 29 heavy (non-hydrogen) atoms. The fourth-order valence-corrected chi connectivity index (χ4v) is 4.44. The summed E-state index contributed by atoms with van der Waals surface area (Å²) in [6.07, 6.45) is 3.54. The summed E-state index contributed by atoms with van der Waals surface area (Å²) in [5.41, 5.74) is 5.47. The van der Waals surface area contributed by atoms with Crippen LogP contribution in [0.3, 0.4) is 0 Å². The summed E-state index contributed by atoms with van der Waals surface area (Å²) in [4.78, 5) is 0. The van der Waals surface area contributed by atoms with Crippen LogP contribution in [-0.2, 0) is 13.0 Å². The molecule has 2 unspecified atom stereocenters. The number of methoxy groups -OCH3 is 1. The maximum atomic E-state index is 5.92. The zero-order valence-corrected chi connectivity index (χ0v) is 16.8. The van der Waals surface area contributed by atoms with Crippen LogP contribution in [0.1, 0.15) is 47.1 Å². The normalized spacial score (nSPS) is 22.2. The highest BCUT2D eigenvalue weighted by Crippen LogP contribution is 2.44. The van der Waals surface area contributed by atoms with E-state index in [1.807, 2.05) is 18.2 Å². The lowest BCUT2D eigenvalue weighted by atomic mass is 10.1. The molecule has 3 atom stereocenters. The fraction of sp³-hybridized carbons (Fsp3) is 0.308. The Kier molecular flexibility index (Phi) is 4.99. The van der Waals surface area contributed by atoms with Crippen molar-refractivity contribution in [2.75, 3.05) is 7.11 Å². The molecule has 0 heterocycles. The number of fused-ring (bicyclic) bond motifs is 1. The molecule has 148 valence electrons. The van der Waals surface area contributed by atoms with Crippen molar-refractivity contribution in [1.29, 1.82) is 0 Å². The molecule has 1 fully saturated rings. The third kappa shape index (κ3) is 4.01. The maximum absolute atomic E-state index is 5.92. The van der Waals surface area contributed by atoms with E-state index in [1.165, 1.54) is 35.1 Å². The molecule has 3 aromatic rings. The van der Waals surface area contributed by atoms with Crippen molar-refractivity contribution in [1.82, 2.24) is 5.32 Å². The maximum Gasteiger partial charge on any atom is 0.119 e. The number of benzene rings is 3. The Morgan fingerprint density at radius 1 is 0.931 bits per heavy atom. The van der Waals surface area contributed by atoms with Gasteiger partial charge < -0.3 is 14.8 Å². The van der Waals surface area contributed by atoms with Gasteiger partial charge in [0.2, 0.25) is 0 Å². The molecule has 1 saturated carbocycles. The van der Waals surface area contributed by atoms with E-state index in [-0.39, 0.29) is 0 Å². The second-order valence-corrected chi connectivity index (χ2v) is 8.11. The molecule has 0 spiro atoms. The van der Waals surface area contributed by atoms with E-state index >= 15 is 0 Å². The van der Waals surface area contributed by atoms with E-state index in [2.05, 4.69) is 59.9 Å². The minimum Gasteiger partial charge on any atom is -0.497 e. The van der Waals surface area contributed by atoms with Gasteiger partial charge in [0.1, 0.15) is 18.1 Å². The topological polar surface area (TPSA) is 30.5 Å². The van der Waals surface area contributed by atoms with Gasteiger partial charge in [-0.2, -0.15) is 0 Å². The minimum absolute atomic E-state index is 0.448. The lowest BCUT2D eigenvalue weighted by Crippen LogP contribution is -2.22. The third-order valence-corrected chi connectivity index (χ3v) is 6.19. The Bertz CT molecular complexity index is 968. The molecular formula is C26H27NO2. The molecule has 3 heteroatoms. The molecule has 2 aliphatic rings. The van der Waals surface area contributed by atoms with E-state index in [0.29, 0.717) is 24.6 Å². The molecule has 2 aliphatic carbocycles. The van der Waals surface area contributed by atoms with Gasteiger partial charge >= 0.3 is 0 Å². The van der Waals surface area contributed by atoms with Crippen LogP contribution in [-0.4, -0.2) is 13.2 Å². The molecule has 3 nitrogen and oxygen atoms in total. The number of aryl methyl sites for hydroxylation is 1. The summed E-state index contributed by atoms with van der Waals surface area (Å²) in [7, 11) is 1.74. The average molecular weight is 386 g/mol. The van der Waals surface area contributed by atoms with Crippen molar-refractivity contribution < 1.29 is 9.47 Å². The van der Waals surface area contributed by atoms with Crippen LogP contribution in [0.25, 0.3) is 0 Å². The van der Waals surface area contributed by atoms with Gasteiger partial charge in [0.05, 0.1) is 7.11 Å². The zero-order valence-electron chi connectivity index (χ0n) is 16.8. The van der Waals surface area contributed by atoms with E-state index in [0.717, 1.165) is 17.9 Å². The van der Waals surface area contributed by atoms with E-state index in [4.69, 9.17) is 9.47 Å². The summed E-state index contributed by atoms with van der Waals surface area (Å²) in [5, 5.41) is 3.88. The first-order valence-corrected chi connectivity index (χ1v) is 10.5. The third-order valence-electron chi connectivity index (χ3n) is 6.19. The number of ether oxygens (including phenoxy) is 2. The number of rotatable bonds is 7. The first-order chi connectivity index (χ1) is 14.3. The molecule has 0 bridgehead atoms. The summed E-state index contributed by atoms with van der Waals surface area (Å²) in [6.45, 7) is 0.609. The highest BCUT2D eigenvalue weighted by atomic mass is 16.5. The van der Waals surface area contributed by atoms with Gasteiger partial charge in [-0.3, -0.25) is 0 Å². The minimum atomic E-state index is 0.448. The van der Waals surface area contributed by atoms with Crippen LogP contribution in [0.4, 0.5) is 0 Å². The van der Waals surface area contributed by atoms with E-state index in [9.17, 15) is 0 Å². The van der Waals surface area contributed by atoms with Gasteiger partial charge in [0.15, 0.2) is 0 Å². The summed E-state index contributed by atoms with van der Waals surface area (Å²) < 4.78 is 11.3. The Hall–Kier alpha value is -2.78. The Morgan fingerprint density at radius 2 is 1.72 bits per heavy atom. The second kappa shape index (κ2) is 7.92. The lowest BCUT2D eigenvalue weighted by molar-refractivity contribution is 0.306. The molecule has 0 radical (unpaired) electrons. The van der Waals surface area contributed by atoms with Crippen molar-refractivity contribution in [2.24, 2.45) is 0 Å². The predicted molar refractivity (Wildman–Crippen MR) is 116 cm³/mol. The highest BCUT2D eigenvalue weighted by Gasteiger charge is 2.40. The summed E-state index contributed by atoms with van der Waals surface area (Å²) in [6, 6.07) is 26.4. The van der Waals surface area contributed by atoms with Gasteiger partial charge in [0.25, 0.3) is 0 Å². The Labute approximate surface area is 172 Å². The van der Waals surface area contributed by atoms with Crippen molar-refractivity contribution in [3.05, 3.63) is 95.1 Å². The number of hydrogen-bond donors (Lipinski definition) is 1. The van der Waals surface area contributed by atoms with E-state index < -0.39 is 0 Å². The van der Waals surface area contributed by atoms with Crippen molar-refractivity contribution >= 4 is 0 Å². The first kappa shape index (κ1) is 18.3. The Morgan fingerprint density at radius 3 is 2.52 bits per heavy atom. The first-order valence-electron chi connectivity index (χ1n) is 10.5. The van der Waals surface area contributed by atoms with Crippen LogP contribution >= 0.6 is 0 Å². The van der Waals surface area contributed by atoms with Crippen molar-refractivity contribution in [3.8, 4) is 11.5 Å². The Balaban J connectivity index is 1.17. The summed E-state index contributed by atoms with van der Waals surface area (Å²) >= 11 is 0. The van der Waals surface area contributed by atoms with Crippen molar-refractivity contribution in [3.63, 3.8) is 0 Å². The molecule has 0 saturated heterocycles. The van der Waals surface area contributed by atoms with Crippen LogP contribution in [0, 0.1) is 0 Å². The monoisotopic (exact) mass is 385 g/mol. The van der Waals surface area contributed by atoms with Crippen LogP contribution in [0.2, 0.25) is 0 Å². The molecule has 0 aliphatic heterocycles. The molecule has 1 N–H and O–H groups in total. The van der Waals surface area contributed by atoms with Crippen LogP contribution < -0.4 is 14.8 Å². The van der Waals surface area contributed by atoms with Gasteiger partial charge in [-0.05, 0) is 65.8 Å².